The number of hydrogen-bond acceptors (Lipinski definition) is 4. The Morgan fingerprint density at radius 1 is 1.22 bits per heavy atom. The molecule has 2 heterocycles. The summed E-state index contributed by atoms with van der Waals surface area (Å²) in [5, 5.41) is 0.931. The fraction of sp³-hybridized carbons (Fsp3) is 0. The molecule has 0 saturated heterocycles. The van der Waals surface area contributed by atoms with Crippen molar-refractivity contribution in [3.05, 3.63) is 41.9 Å². The smallest absolute Gasteiger partial charge is 0.225 e. The van der Waals surface area contributed by atoms with Gasteiger partial charge < -0.3 is 4.42 Å². The van der Waals surface area contributed by atoms with Gasteiger partial charge in [0.05, 0.1) is 16.7 Å². The summed E-state index contributed by atoms with van der Waals surface area (Å²) in [6.07, 6.45) is 2.62. The van der Waals surface area contributed by atoms with Crippen molar-refractivity contribution in [2.45, 2.75) is 4.90 Å². The van der Waals surface area contributed by atoms with E-state index in [0.717, 1.165) is 11.7 Å². The van der Waals surface area contributed by atoms with Gasteiger partial charge in [-0.3, -0.25) is 0 Å². The topological polar surface area (TPSA) is 38.9 Å². The summed E-state index contributed by atoms with van der Waals surface area (Å²) >= 11 is 10.3. The van der Waals surface area contributed by atoms with E-state index >= 15 is 0 Å². The number of rotatable bonds is 1. The van der Waals surface area contributed by atoms with Gasteiger partial charge in [-0.15, -0.1) is 12.6 Å². The van der Waals surface area contributed by atoms with Crippen LogP contribution in [0.15, 0.2) is 40.1 Å². The molecule has 6 heteroatoms. The standard InChI is InChI=1S/C12H6ClFN2OS/c13-11-8(12(14)16-5-15-11)7-2-1-6-3-4-17-9(6)10(7)18/h1-5,18H. The Morgan fingerprint density at radius 3 is 2.83 bits per heavy atom. The van der Waals surface area contributed by atoms with Gasteiger partial charge in [-0.05, 0) is 6.07 Å². The lowest BCUT2D eigenvalue weighted by atomic mass is 10.1. The Hall–Kier alpha value is -1.59. The Labute approximate surface area is 112 Å². The molecule has 0 saturated carbocycles. The van der Waals surface area contributed by atoms with Crippen LogP contribution in [0, 0.1) is 5.95 Å². The van der Waals surface area contributed by atoms with E-state index in [1.165, 1.54) is 0 Å². The van der Waals surface area contributed by atoms with Gasteiger partial charge in [0.2, 0.25) is 5.95 Å². The predicted molar refractivity (Wildman–Crippen MR) is 69.5 cm³/mol. The Balaban J connectivity index is 2.35. The predicted octanol–water partition coefficient (Wildman–Crippen LogP) is 3.97. The van der Waals surface area contributed by atoms with Crippen molar-refractivity contribution in [2.24, 2.45) is 0 Å². The van der Waals surface area contributed by atoms with Crippen LogP contribution in [0.1, 0.15) is 0 Å². The van der Waals surface area contributed by atoms with Gasteiger partial charge in [-0.25, -0.2) is 9.97 Å². The zero-order valence-electron chi connectivity index (χ0n) is 8.89. The molecule has 3 aromatic rings. The number of furan rings is 1. The number of hydrogen-bond donors (Lipinski definition) is 1. The maximum atomic E-state index is 13.7. The maximum absolute atomic E-state index is 13.7. The molecule has 0 N–H and O–H groups in total. The molecular weight excluding hydrogens is 275 g/mol. The van der Waals surface area contributed by atoms with Gasteiger partial charge in [0, 0.05) is 10.9 Å². The van der Waals surface area contributed by atoms with Crippen molar-refractivity contribution in [1.29, 1.82) is 0 Å². The number of thiol groups is 1. The second-order valence-electron chi connectivity index (χ2n) is 3.63. The Bertz CT molecular complexity index is 724. The quantitative estimate of drug-likeness (QED) is 0.541. The summed E-state index contributed by atoms with van der Waals surface area (Å²) in [5.41, 5.74) is 1.21. The van der Waals surface area contributed by atoms with Crippen LogP contribution < -0.4 is 0 Å². The van der Waals surface area contributed by atoms with Crippen LogP contribution in [0.25, 0.3) is 22.1 Å². The highest BCUT2D eigenvalue weighted by Crippen LogP contribution is 2.36. The van der Waals surface area contributed by atoms with Crippen LogP contribution >= 0.6 is 24.2 Å². The molecule has 0 spiro atoms. The largest absolute Gasteiger partial charge is 0.463 e. The molecule has 0 bridgehead atoms. The van der Waals surface area contributed by atoms with Crippen LogP contribution in [0.3, 0.4) is 0 Å². The van der Waals surface area contributed by atoms with Crippen molar-refractivity contribution in [3.63, 3.8) is 0 Å². The average molecular weight is 281 g/mol. The SMILES string of the molecule is Fc1ncnc(Cl)c1-c1ccc2ccoc2c1S. The molecule has 0 unspecified atom stereocenters. The third kappa shape index (κ3) is 1.67. The molecule has 0 aliphatic heterocycles. The molecular formula is C12H6ClFN2OS. The van der Waals surface area contributed by atoms with Crippen molar-refractivity contribution in [1.82, 2.24) is 9.97 Å². The first-order valence-electron chi connectivity index (χ1n) is 5.04. The molecule has 0 atom stereocenters. The van der Waals surface area contributed by atoms with Crippen molar-refractivity contribution in [2.75, 3.05) is 0 Å². The zero-order valence-corrected chi connectivity index (χ0v) is 10.5. The van der Waals surface area contributed by atoms with E-state index in [1.807, 2.05) is 0 Å². The summed E-state index contributed by atoms with van der Waals surface area (Å²) in [6.45, 7) is 0. The van der Waals surface area contributed by atoms with E-state index in [1.54, 1.807) is 24.5 Å². The lowest BCUT2D eigenvalue weighted by Gasteiger charge is -2.07. The maximum Gasteiger partial charge on any atom is 0.225 e. The van der Waals surface area contributed by atoms with E-state index in [2.05, 4.69) is 22.6 Å². The van der Waals surface area contributed by atoms with Crippen molar-refractivity contribution < 1.29 is 8.81 Å². The van der Waals surface area contributed by atoms with Gasteiger partial charge in [-0.2, -0.15) is 4.39 Å². The van der Waals surface area contributed by atoms with E-state index < -0.39 is 5.95 Å². The molecule has 18 heavy (non-hydrogen) atoms. The summed E-state index contributed by atoms with van der Waals surface area (Å²) in [7, 11) is 0. The summed E-state index contributed by atoms with van der Waals surface area (Å²) in [5.74, 6) is -0.684. The minimum absolute atomic E-state index is 0.0451. The minimum Gasteiger partial charge on any atom is -0.463 e. The highest BCUT2D eigenvalue weighted by molar-refractivity contribution is 7.80. The van der Waals surface area contributed by atoms with Crippen LogP contribution in [0.2, 0.25) is 5.15 Å². The zero-order chi connectivity index (χ0) is 12.7. The summed E-state index contributed by atoms with van der Waals surface area (Å²) in [6, 6.07) is 5.32. The number of aromatic nitrogens is 2. The lowest BCUT2D eigenvalue weighted by Crippen LogP contribution is -1.93. The Kier molecular flexibility index (Phi) is 2.72. The number of nitrogens with zero attached hydrogens (tertiary/aromatic N) is 2. The second kappa shape index (κ2) is 4.26. The van der Waals surface area contributed by atoms with Crippen LogP contribution in [-0.4, -0.2) is 9.97 Å². The first-order valence-corrected chi connectivity index (χ1v) is 5.86. The van der Waals surface area contributed by atoms with Crippen molar-refractivity contribution >= 4 is 35.2 Å². The molecule has 0 radical (unpaired) electrons. The second-order valence-corrected chi connectivity index (χ2v) is 4.44. The number of fused-ring (bicyclic) bond motifs is 1. The third-order valence-electron chi connectivity index (χ3n) is 2.62. The normalized spacial score (nSPS) is 11.1. The van der Waals surface area contributed by atoms with Crippen molar-refractivity contribution in [3.8, 4) is 11.1 Å². The average Bonchev–Trinajstić information content (AvgIpc) is 2.80. The molecule has 3 nitrogen and oxygen atoms in total. The minimum atomic E-state index is -0.684. The van der Waals surface area contributed by atoms with Crippen LogP contribution in [0.4, 0.5) is 4.39 Å². The molecule has 0 amide bonds. The fourth-order valence-corrected chi connectivity index (χ4v) is 2.38. The fourth-order valence-electron chi connectivity index (χ4n) is 1.79. The van der Waals surface area contributed by atoms with Gasteiger partial charge in [0.1, 0.15) is 17.1 Å². The molecule has 2 aromatic heterocycles. The van der Waals surface area contributed by atoms with E-state index in [4.69, 9.17) is 16.0 Å². The first-order chi connectivity index (χ1) is 8.68. The highest BCUT2D eigenvalue weighted by atomic mass is 35.5. The lowest BCUT2D eigenvalue weighted by molar-refractivity contribution is 0.582. The molecule has 3 rings (SSSR count). The number of halogens is 2. The molecule has 0 fully saturated rings. The third-order valence-corrected chi connectivity index (χ3v) is 3.35. The molecule has 1 aromatic carbocycles. The van der Waals surface area contributed by atoms with Gasteiger partial charge in [0.15, 0.2) is 0 Å². The van der Waals surface area contributed by atoms with Gasteiger partial charge >= 0.3 is 0 Å². The van der Waals surface area contributed by atoms with E-state index in [-0.39, 0.29) is 10.7 Å². The monoisotopic (exact) mass is 280 g/mol. The van der Waals surface area contributed by atoms with E-state index in [9.17, 15) is 4.39 Å². The van der Waals surface area contributed by atoms with Gasteiger partial charge in [-0.1, -0.05) is 23.7 Å². The Morgan fingerprint density at radius 2 is 2.06 bits per heavy atom. The molecule has 90 valence electrons. The van der Waals surface area contributed by atoms with E-state index in [0.29, 0.717) is 16.0 Å². The summed E-state index contributed by atoms with van der Waals surface area (Å²) in [4.78, 5) is 7.78. The first kappa shape index (κ1) is 11.5. The number of benzene rings is 1. The summed E-state index contributed by atoms with van der Waals surface area (Å²) < 4.78 is 19.0. The molecule has 0 aliphatic rings. The van der Waals surface area contributed by atoms with Crippen LogP contribution in [-0.2, 0) is 0 Å². The highest BCUT2D eigenvalue weighted by Gasteiger charge is 2.17. The molecule has 0 aliphatic carbocycles. The van der Waals surface area contributed by atoms with Gasteiger partial charge in [0.25, 0.3) is 0 Å². The van der Waals surface area contributed by atoms with Crippen LogP contribution in [0.5, 0.6) is 0 Å².